The van der Waals surface area contributed by atoms with Crippen LogP contribution in [-0.4, -0.2) is 40.5 Å². The molecule has 0 spiro atoms. The van der Waals surface area contributed by atoms with Crippen LogP contribution in [0.3, 0.4) is 0 Å². The van der Waals surface area contributed by atoms with Crippen LogP contribution in [0, 0.1) is 0 Å². The number of fused-ring (bicyclic) bond motifs is 12. The molecule has 2 N–H and O–H groups in total. The molecule has 8 bridgehead atoms. The van der Waals surface area contributed by atoms with Gasteiger partial charge in [0.25, 0.3) is 0 Å². The van der Waals surface area contributed by atoms with Crippen molar-refractivity contribution in [2.24, 2.45) is 0 Å². The minimum absolute atomic E-state index is 0. The summed E-state index contributed by atoms with van der Waals surface area (Å²) in [5, 5.41) is 5.89. The molecule has 229 valence electrons. The van der Waals surface area contributed by atoms with E-state index in [2.05, 4.69) is 108 Å². The Morgan fingerprint density at radius 3 is 1.57 bits per heavy atom. The first-order valence-corrected chi connectivity index (χ1v) is 16.2. The zero-order valence-electron chi connectivity index (χ0n) is 24.8. The maximum Gasteiger partial charge on any atom is 0.158 e. The van der Waals surface area contributed by atoms with Crippen molar-refractivity contribution in [3.05, 3.63) is 142 Å². The fourth-order valence-corrected chi connectivity index (χ4v) is 7.01. The number of nitrogens with zero attached hydrogens (tertiary/aromatic N) is 4. The Hall–Kier alpha value is -4.72. The van der Waals surface area contributed by atoms with Crippen molar-refractivity contribution >= 4 is 89.7 Å². The van der Waals surface area contributed by atoms with E-state index in [0.717, 1.165) is 56.1 Å². The van der Waals surface area contributed by atoms with Gasteiger partial charge in [-0.2, -0.15) is 0 Å². The molecular weight excluding hydrogens is 680 g/mol. The third-order valence-corrected chi connectivity index (χ3v) is 9.24. The molecule has 1 aliphatic carbocycles. The first-order valence-electron chi connectivity index (χ1n) is 14.6. The third-order valence-electron chi connectivity index (χ3n) is 7.63. The van der Waals surface area contributed by atoms with Crippen LogP contribution in [0.5, 0.6) is 0 Å². The first-order chi connectivity index (χ1) is 22.2. The zero-order valence-corrected chi connectivity index (χ0v) is 28.5. The number of hydrogen-bond acceptors (Lipinski definition) is 6. The van der Waals surface area contributed by atoms with Crippen LogP contribution in [-0.2, 0) is 23.2 Å². The summed E-state index contributed by atoms with van der Waals surface area (Å²) in [5.41, 5.74) is 13.6. The quantitative estimate of drug-likeness (QED) is 0.154. The minimum atomic E-state index is 0. The molecule has 47 heavy (non-hydrogen) atoms. The molecule has 0 saturated carbocycles. The van der Waals surface area contributed by atoms with E-state index in [1.165, 1.54) is 38.5 Å². The second-order valence-electron chi connectivity index (χ2n) is 10.8. The first kappa shape index (κ1) is 32.2. The molecule has 5 radical (unpaired) electrons. The molecule has 0 amide bonds. The van der Waals surface area contributed by atoms with Gasteiger partial charge in [-0.25, -0.2) is 9.97 Å². The molecule has 7 heterocycles. The second-order valence-corrected chi connectivity index (χ2v) is 12.4. The predicted molar refractivity (Wildman–Crippen MR) is 195 cm³/mol. The summed E-state index contributed by atoms with van der Waals surface area (Å²) in [6.07, 6.45) is 9.15. The monoisotopic (exact) mass is 705 g/mol. The predicted octanol–water partition coefficient (Wildman–Crippen LogP) is 9.28. The van der Waals surface area contributed by atoms with Crippen molar-refractivity contribution < 1.29 is 16.8 Å². The summed E-state index contributed by atoms with van der Waals surface area (Å²) in [6.45, 7) is 0. The maximum absolute atomic E-state index is 4.62. The largest absolute Gasteiger partial charge is 0.355 e. The topological polar surface area (TPSA) is 83.1 Å². The third kappa shape index (κ3) is 7.32. The van der Waals surface area contributed by atoms with Crippen molar-refractivity contribution in [2.75, 3.05) is 0 Å². The van der Waals surface area contributed by atoms with E-state index in [0.29, 0.717) is 0 Å². The summed E-state index contributed by atoms with van der Waals surface area (Å²) in [6, 6.07) is 35.7. The fraction of sp³-hybridized carbons (Fsp3) is 0.0270. The number of rotatable bonds is 0. The van der Waals surface area contributed by atoms with Gasteiger partial charge in [-0.3, -0.25) is 0 Å². The van der Waals surface area contributed by atoms with Crippen molar-refractivity contribution in [1.82, 2.24) is 29.5 Å². The SMILES string of the molecule is C1=Cc2cc3ccc(cc4ccc(cc5nc(cc1n2)C=C5)[nH]4)[nH]3.[Co].[Si].c1cc2snnc2s1.c1ccc2c(c1)Cc1ccccc1-2. The molecule has 5 aromatic heterocycles. The number of hydrogen-bond donors (Lipinski definition) is 2. The van der Waals surface area contributed by atoms with Crippen molar-refractivity contribution in [3.63, 3.8) is 0 Å². The van der Waals surface area contributed by atoms with Crippen LogP contribution in [0.4, 0.5) is 0 Å². The van der Waals surface area contributed by atoms with E-state index in [1.807, 2.05) is 53.9 Å². The molecule has 0 saturated heterocycles. The van der Waals surface area contributed by atoms with Gasteiger partial charge >= 0.3 is 0 Å². The Morgan fingerprint density at radius 1 is 0.553 bits per heavy atom. The Morgan fingerprint density at radius 2 is 1.04 bits per heavy atom. The fourth-order valence-electron chi connectivity index (χ4n) is 5.56. The second kappa shape index (κ2) is 14.4. The zero-order chi connectivity index (χ0) is 30.0. The van der Waals surface area contributed by atoms with E-state index >= 15 is 0 Å². The Bertz CT molecular complexity index is 2220. The summed E-state index contributed by atoms with van der Waals surface area (Å²) < 4.78 is 4.95. The number of H-pyrrole nitrogens is 2. The number of aromatic amines is 2. The minimum Gasteiger partial charge on any atom is -0.355 e. The van der Waals surface area contributed by atoms with Gasteiger partial charge in [-0.15, -0.1) is 16.4 Å². The van der Waals surface area contributed by atoms with Gasteiger partial charge in [0.2, 0.25) is 0 Å². The van der Waals surface area contributed by atoms with Gasteiger partial charge < -0.3 is 9.97 Å². The number of benzene rings is 2. The summed E-state index contributed by atoms with van der Waals surface area (Å²) >= 11 is 3.07. The van der Waals surface area contributed by atoms with Crippen LogP contribution >= 0.6 is 22.9 Å². The number of thiophene rings is 1. The van der Waals surface area contributed by atoms with E-state index in [1.54, 1.807) is 11.3 Å². The van der Waals surface area contributed by atoms with Crippen LogP contribution in [0.1, 0.15) is 33.9 Å². The van der Waals surface area contributed by atoms with Crippen LogP contribution < -0.4 is 0 Å². The van der Waals surface area contributed by atoms with Gasteiger partial charge in [0.1, 0.15) is 0 Å². The van der Waals surface area contributed by atoms with Gasteiger partial charge in [0, 0.05) is 49.8 Å². The van der Waals surface area contributed by atoms with Gasteiger partial charge in [-0.1, -0.05) is 53.0 Å². The molecule has 0 fully saturated rings. The van der Waals surface area contributed by atoms with Crippen LogP contribution in [0.2, 0.25) is 0 Å². The smallest absolute Gasteiger partial charge is 0.158 e. The van der Waals surface area contributed by atoms with Crippen molar-refractivity contribution in [3.8, 4) is 11.1 Å². The van der Waals surface area contributed by atoms with E-state index in [9.17, 15) is 0 Å². The summed E-state index contributed by atoms with van der Waals surface area (Å²) in [5.74, 6) is 0. The molecule has 3 aliphatic rings. The maximum atomic E-state index is 4.62. The van der Waals surface area contributed by atoms with Gasteiger partial charge in [0.05, 0.1) is 27.5 Å². The molecule has 0 unspecified atom stereocenters. The molecular formula is C37H26CoN6S2Si. The molecule has 6 nitrogen and oxygen atoms in total. The van der Waals surface area contributed by atoms with Crippen LogP contribution in [0.25, 0.3) is 67.0 Å². The Kier molecular flexibility index (Phi) is 9.85. The van der Waals surface area contributed by atoms with E-state index in [4.69, 9.17) is 0 Å². The van der Waals surface area contributed by atoms with E-state index in [-0.39, 0.29) is 27.7 Å². The van der Waals surface area contributed by atoms with Crippen molar-refractivity contribution in [1.29, 1.82) is 0 Å². The van der Waals surface area contributed by atoms with Gasteiger partial charge in [-0.05, 0) is 124 Å². The molecule has 10 rings (SSSR count). The summed E-state index contributed by atoms with van der Waals surface area (Å²) in [7, 11) is 0. The average Bonchev–Trinajstić information content (AvgIpc) is 3.89. The number of aromatic nitrogens is 6. The molecule has 2 aliphatic heterocycles. The molecule has 0 atom stereocenters. The normalized spacial score (nSPS) is 11.7. The van der Waals surface area contributed by atoms with Crippen molar-refractivity contribution in [2.45, 2.75) is 6.42 Å². The van der Waals surface area contributed by atoms with E-state index < -0.39 is 0 Å². The standard InChI is InChI=1S/C20H14N4.C13H10.C4H2N2S2.Co.Si/c1-2-14-10-16-5-6-18(23-16)12-20-8-7-19(24-20)11-17-4-3-15(22-17)9-13(1)21-14;1-3-7-12-10(5-1)9-11-6-2-4-8-13(11)12;1-2-7-4-3(1)8-6-5-4;;/h1-12,21-22H;1-8H,9H2;1-2H;;. The Balaban J connectivity index is 0.000000140. The van der Waals surface area contributed by atoms with Gasteiger partial charge in [0.15, 0.2) is 4.83 Å². The Labute approximate surface area is 294 Å². The molecule has 2 aromatic carbocycles. The molecule has 7 aromatic rings. The van der Waals surface area contributed by atoms with Crippen LogP contribution in [0.15, 0.2) is 109 Å². The summed E-state index contributed by atoms with van der Waals surface area (Å²) in [4.78, 5) is 17.1. The number of nitrogens with one attached hydrogen (secondary N) is 2. The average molecular weight is 706 g/mol. The molecule has 10 heteroatoms.